The van der Waals surface area contributed by atoms with E-state index >= 15 is 0 Å². The van der Waals surface area contributed by atoms with Crippen molar-refractivity contribution in [3.63, 3.8) is 0 Å². The summed E-state index contributed by atoms with van der Waals surface area (Å²) < 4.78 is 0. The lowest BCUT2D eigenvalue weighted by Crippen LogP contribution is -2.34. The summed E-state index contributed by atoms with van der Waals surface area (Å²) in [6.07, 6.45) is 5.13. The number of benzene rings is 1. The monoisotopic (exact) mass is 289 g/mol. The summed E-state index contributed by atoms with van der Waals surface area (Å²) in [6, 6.07) is 8.28. The molecule has 2 rings (SSSR count). The Labute approximate surface area is 127 Å². The minimum Gasteiger partial charge on any atom is -0.327 e. The van der Waals surface area contributed by atoms with E-state index in [0.29, 0.717) is 5.92 Å². The molecule has 1 unspecified atom stereocenters. The van der Waals surface area contributed by atoms with Crippen LogP contribution in [-0.4, -0.2) is 31.6 Å². The van der Waals surface area contributed by atoms with Crippen LogP contribution in [0.3, 0.4) is 0 Å². The van der Waals surface area contributed by atoms with Crippen LogP contribution in [0.4, 0.5) is 10.5 Å². The van der Waals surface area contributed by atoms with Crippen LogP contribution < -0.4 is 10.6 Å². The fourth-order valence-electron chi connectivity index (χ4n) is 2.93. The molecule has 2 amide bonds. The minimum absolute atomic E-state index is 0.0174. The maximum Gasteiger partial charge on any atom is 0.321 e. The topological polar surface area (TPSA) is 44.4 Å². The van der Waals surface area contributed by atoms with Crippen LogP contribution in [0.2, 0.25) is 0 Å². The van der Waals surface area contributed by atoms with Crippen molar-refractivity contribution < 1.29 is 4.79 Å². The molecule has 0 radical (unpaired) electrons. The Kier molecular flexibility index (Phi) is 5.62. The molecule has 0 saturated heterocycles. The molecular weight excluding hydrogens is 262 g/mol. The van der Waals surface area contributed by atoms with Crippen molar-refractivity contribution in [2.45, 2.75) is 38.6 Å². The first-order chi connectivity index (χ1) is 10.1. The first-order valence-corrected chi connectivity index (χ1v) is 7.89. The quantitative estimate of drug-likeness (QED) is 0.869. The van der Waals surface area contributed by atoms with E-state index in [1.807, 2.05) is 37.2 Å². The van der Waals surface area contributed by atoms with Crippen LogP contribution in [0.5, 0.6) is 0 Å². The summed E-state index contributed by atoms with van der Waals surface area (Å²) in [5.41, 5.74) is 2.03. The van der Waals surface area contributed by atoms with Crippen molar-refractivity contribution in [1.82, 2.24) is 10.2 Å². The summed E-state index contributed by atoms with van der Waals surface area (Å²) in [7, 11) is 3.82. The van der Waals surface area contributed by atoms with Crippen LogP contribution in [-0.2, 0) is 0 Å². The summed E-state index contributed by atoms with van der Waals surface area (Å²) in [5, 5.41) is 6.20. The van der Waals surface area contributed by atoms with E-state index in [0.717, 1.165) is 12.2 Å². The Balaban J connectivity index is 1.92. The zero-order valence-electron chi connectivity index (χ0n) is 13.4. The van der Waals surface area contributed by atoms with Gasteiger partial charge in [0.25, 0.3) is 0 Å². The molecular formula is C17H27N3O. The van der Waals surface area contributed by atoms with Crippen molar-refractivity contribution in [2.24, 2.45) is 5.92 Å². The van der Waals surface area contributed by atoms with E-state index in [4.69, 9.17) is 0 Å². The Morgan fingerprint density at radius 3 is 2.76 bits per heavy atom. The number of carbonyl (C=O) groups is 1. The van der Waals surface area contributed by atoms with Gasteiger partial charge in [-0.05, 0) is 50.4 Å². The van der Waals surface area contributed by atoms with Crippen LogP contribution >= 0.6 is 0 Å². The molecule has 21 heavy (non-hydrogen) atoms. The normalized spacial score (nSPS) is 16.7. The Morgan fingerprint density at radius 2 is 2.10 bits per heavy atom. The molecule has 0 bridgehead atoms. The van der Waals surface area contributed by atoms with Crippen molar-refractivity contribution >= 4 is 11.7 Å². The van der Waals surface area contributed by atoms with E-state index in [1.165, 1.54) is 31.2 Å². The highest BCUT2D eigenvalue weighted by atomic mass is 16.2. The highest BCUT2D eigenvalue weighted by molar-refractivity contribution is 5.89. The van der Waals surface area contributed by atoms with Crippen LogP contribution in [0, 0.1) is 5.92 Å². The van der Waals surface area contributed by atoms with Gasteiger partial charge in [0.15, 0.2) is 0 Å². The number of carbonyl (C=O) groups excluding carboxylic acids is 1. The largest absolute Gasteiger partial charge is 0.327 e. The maximum atomic E-state index is 12.3. The Morgan fingerprint density at radius 1 is 1.38 bits per heavy atom. The van der Waals surface area contributed by atoms with Gasteiger partial charge < -0.3 is 15.5 Å². The number of amides is 2. The molecule has 1 atom stereocenters. The van der Waals surface area contributed by atoms with Crippen molar-refractivity contribution in [3.8, 4) is 0 Å². The molecule has 0 aromatic heterocycles. The van der Waals surface area contributed by atoms with Crippen molar-refractivity contribution in [3.05, 3.63) is 29.8 Å². The van der Waals surface area contributed by atoms with E-state index < -0.39 is 0 Å². The number of urea groups is 1. The van der Waals surface area contributed by atoms with Gasteiger partial charge in [0, 0.05) is 25.3 Å². The van der Waals surface area contributed by atoms with Crippen molar-refractivity contribution in [1.29, 1.82) is 0 Å². The number of anilines is 1. The number of nitrogens with zero attached hydrogens (tertiary/aromatic N) is 1. The second-order valence-electron chi connectivity index (χ2n) is 6.10. The molecule has 4 heteroatoms. The second kappa shape index (κ2) is 7.46. The second-order valence-corrected chi connectivity index (χ2v) is 6.10. The number of nitrogens with one attached hydrogen (secondary N) is 2. The summed E-state index contributed by atoms with van der Waals surface area (Å²) in [4.78, 5) is 14.1. The summed E-state index contributed by atoms with van der Waals surface area (Å²) in [5.74, 6) is 0.677. The van der Waals surface area contributed by atoms with Crippen LogP contribution in [0.15, 0.2) is 24.3 Å². The predicted molar refractivity (Wildman–Crippen MR) is 87.5 cm³/mol. The lowest BCUT2D eigenvalue weighted by molar-refractivity contribution is 0.214. The van der Waals surface area contributed by atoms with Crippen molar-refractivity contribution in [2.75, 3.05) is 26.0 Å². The smallest absolute Gasteiger partial charge is 0.321 e. The number of hydrogen-bond acceptors (Lipinski definition) is 2. The lowest BCUT2D eigenvalue weighted by atomic mass is 10.1. The fourth-order valence-corrected chi connectivity index (χ4v) is 2.93. The van der Waals surface area contributed by atoms with E-state index in [2.05, 4.69) is 23.6 Å². The molecule has 1 aromatic rings. The zero-order chi connectivity index (χ0) is 15.2. The van der Waals surface area contributed by atoms with Gasteiger partial charge >= 0.3 is 6.03 Å². The third-order valence-electron chi connectivity index (χ3n) is 4.42. The van der Waals surface area contributed by atoms with Gasteiger partial charge in [-0.15, -0.1) is 0 Å². The lowest BCUT2D eigenvalue weighted by Gasteiger charge is -2.22. The molecule has 1 aliphatic rings. The predicted octanol–water partition coefficient (Wildman–Crippen LogP) is 3.62. The Hall–Kier alpha value is -1.55. The summed E-state index contributed by atoms with van der Waals surface area (Å²) in [6.45, 7) is 2.96. The van der Waals surface area contributed by atoms with Crippen LogP contribution in [0.25, 0.3) is 0 Å². The third-order valence-corrected chi connectivity index (χ3v) is 4.42. The summed E-state index contributed by atoms with van der Waals surface area (Å²) >= 11 is 0. The molecule has 1 fully saturated rings. The van der Waals surface area contributed by atoms with Gasteiger partial charge in [0.05, 0.1) is 0 Å². The molecule has 1 aliphatic carbocycles. The average Bonchev–Trinajstić information content (AvgIpc) is 2.99. The zero-order valence-corrected chi connectivity index (χ0v) is 13.4. The highest BCUT2D eigenvalue weighted by Gasteiger charge is 2.19. The highest BCUT2D eigenvalue weighted by Crippen LogP contribution is 2.25. The van der Waals surface area contributed by atoms with Gasteiger partial charge in [-0.1, -0.05) is 25.0 Å². The molecule has 116 valence electrons. The molecule has 4 nitrogen and oxygen atoms in total. The van der Waals surface area contributed by atoms with E-state index in [1.54, 1.807) is 0 Å². The maximum absolute atomic E-state index is 12.3. The molecule has 1 saturated carbocycles. The standard InChI is InChI=1S/C17H27N3O/c1-13(18-2)15-9-6-10-16(11-15)19-17(21)20(3)12-14-7-4-5-8-14/h6,9-11,13-14,18H,4-5,7-8,12H2,1-3H3,(H,19,21). The number of rotatable bonds is 5. The van der Waals surface area contributed by atoms with Gasteiger partial charge in [0.2, 0.25) is 0 Å². The molecule has 0 spiro atoms. The van der Waals surface area contributed by atoms with Gasteiger partial charge in [-0.2, -0.15) is 0 Å². The molecule has 0 heterocycles. The SMILES string of the molecule is CNC(C)c1cccc(NC(=O)N(C)CC2CCCC2)c1. The average molecular weight is 289 g/mol. The fraction of sp³-hybridized carbons (Fsp3) is 0.588. The van der Waals surface area contributed by atoms with Gasteiger partial charge in [0.1, 0.15) is 0 Å². The molecule has 0 aliphatic heterocycles. The molecule has 2 N–H and O–H groups in total. The Bertz CT molecular complexity index is 469. The minimum atomic E-state index is -0.0174. The number of hydrogen-bond donors (Lipinski definition) is 2. The van der Waals surface area contributed by atoms with Gasteiger partial charge in [-0.25, -0.2) is 4.79 Å². The first-order valence-electron chi connectivity index (χ1n) is 7.89. The first kappa shape index (κ1) is 15.8. The van der Waals surface area contributed by atoms with E-state index in [9.17, 15) is 4.79 Å². The molecule has 1 aromatic carbocycles. The third kappa shape index (κ3) is 4.46. The van der Waals surface area contributed by atoms with Gasteiger partial charge in [-0.3, -0.25) is 0 Å². The van der Waals surface area contributed by atoms with E-state index in [-0.39, 0.29) is 12.1 Å². The van der Waals surface area contributed by atoms with Crippen LogP contribution in [0.1, 0.15) is 44.2 Å².